The fourth-order valence-corrected chi connectivity index (χ4v) is 5.46. The number of rotatable bonds is 4. The average Bonchev–Trinajstić information content (AvgIpc) is 3.04. The Morgan fingerprint density at radius 1 is 1.15 bits per heavy atom. The van der Waals surface area contributed by atoms with Crippen molar-refractivity contribution >= 4 is 28.2 Å². The van der Waals surface area contributed by atoms with Crippen molar-refractivity contribution in [2.24, 2.45) is 0 Å². The SMILES string of the molecule is COC(=O)c1c(NC(=O)C[NH+]2CCc3ccccc3C2)sc2c1CCCC2. The largest absolute Gasteiger partial charge is 0.465 e. The minimum Gasteiger partial charge on any atom is -0.465 e. The molecule has 1 amide bonds. The Labute approximate surface area is 163 Å². The summed E-state index contributed by atoms with van der Waals surface area (Å²) >= 11 is 1.54. The number of carbonyl (C=O) groups is 2. The van der Waals surface area contributed by atoms with E-state index < -0.39 is 0 Å². The van der Waals surface area contributed by atoms with Crippen molar-refractivity contribution in [2.45, 2.75) is 38.6 Å². The molecular formula is C21H25N2O3S+. The molecule has 142 valence electrons. The Hall–Kier alpha value is -2.18. The van der Waals surface area contributed by atoms with E-state index in [-0.39, 0.29) is 11.9 Å². The Morgan fingerprint density at radius 2 is 1.93 bits per heavy atom. The molecule has 0 radical (unpaired) electrons. The van der Waals surface area contributed by atoms with Gasteiger partial charge in [-0.1, -0.05) is 24.3 Å². The molecule has 1 unspecified atom stereocenters. The molecule has 1 atom stereocenters. The summed E-state index contributed by atoms with van der Waals surface area (Å²) in [7, 11) is 1.40. The van der Waals surface area contributed by atoms with Crippen LogP contribution in [-0.2, 0) is 35.3 Å². The maximum absolute atomic E-state index is 12.7. The first-order chi connectivity index (χ1) is 13.2. The predicted molar refractivity (Wildman–Crippen MR) is 105 cm³/mol. The van der Waals surface area contributed by atoms with Gasteiger partial charge in [0.1, 0.15) is 11.5 Å². The van der Waals surface area contributed by atoms with Crippen LogP contribution in [0.3, 0.4) is 0 Å². The maximum Gasteiger partial charge on any atom is 0.341 e. The summed E-state index contributed by atoms with van der Waals surface area (Å²) in [5.41, 5.74) is 4.37. The Bertz CT molecular complexity index is 874. The summed E-state index contributed by atoms with van der Waals surface area (Å²) in [4.78, 5) is 27.5. The van der Waals surface area contributed by atoms with Crippen LogP contribution in [0.4, 0.5) is 5.00 Å². The highest BCUT2D eigenvalue weighted by atomic mass is 32.1. The van der Waals surface area contributed by atoms with Crippen molar-refractivity contribution in [1.82, 2.24) is 0 Å². The predicted octanol–water partition coefficient (Wildman–Crippen LogP) is 1.99. The number of amides is 1. The van der Waals surface area contributed by atoms with Gasteiger partial charge < -0.3 is 15.0 Å². The molecule has 1 aromatic carbocycles. The number of thiophene rings is 1. The molecule has 1 aliphatic carbocycles. The van der Waals surface area contributed by atoms with Gasteiger partial charge in [-0.3, -0.25) is 4.79 Å². The van der Waals surface area contributed by atoms with Crippen LogP contribution < -0.4 is 10.2 Å². The van der Waals surface area contributed by atoms with Crippen LogP contribution in [-0.4, -0.2) is 32.1 Å². The van der Waals surface area contributed by atoms with E-state index in [0.717, 1.165) is 50.8 Å². The minimum absolute atomic E-state index is 0.0341. The Balaban J connectivity index is 1.47. The molecule has 1 aliphatic heterocycles. The number of benzene rings is 1. The van der Waals surface area contributed by atoms with E-state index in [1.807, 2.05) is 0 Å². The van der Waals surface area contributed by atoms with E-state index in [2.05, 4.69) is 29.6 Å². The third-order valence-electron chi connectivity index (χ3n) is 5.53. The second-order valence-electron chi connectivity index (χ2n) is 7.33. The smallest absolute Gasteiger partial charge is 0.341 e. The minimum atomic E-state index is -0.344. The van der Waals surface area contributed by atoms with Gasteiger partial charge in [0.05, 0.1) is 19.2 Å². The molecule has 1 aromatic heterocycles. The molecule has 2 heterocycles. The van der Waals surface area contributed by atoms with E-state index in [1.54, 1.807) is 11.3 Å². The maximum atomic E-state index is 12.7. The lowest BCUT2D eigenvalue weighted by atomic mass is 9.95. The average molecular weight is 386 g/mol. The quantitative estimate of drug-likeness (QED) is 0.792. The number of nitrogens with one attached hydrogen (secondary N) is 2. The van der Waals surface area contributed by atoms with Crippen LogP contribution in [0.15, 0.2) is 24.3 Å². The molecule has 0 spiro atoms. The lowest BCUT2D eigenvalue weighted by Gasteiger charge is -2.25. The zero-order valence-corrected chi connectivity index (χ0v) is 16.4. The number of ether oxygens (including phenoxy) is 1. The van der Waals surface area contributed by atoms with Crippen LogP contribution in [0.5, 0.6) is 0 Å². The number of fused-ring (bicyclic) bond motifs is 2. The summed E-state index contributed by atoms with van der Waals surface area (Å²) in [6.45, 7) is 2.24. The van der Waals surface area contributed by atoms with Crippen LogP contribution in [0.25, 0.3) is 0 Å². The lowest BCUT2D eigenvalue weighted by Crippen LogP contribution is -3.12. The zero-order chi connectivity index (χ0) is 18.8. The first-order valence-electron chi connectivity index (χ1n) is 9.58. The van der Waals surface area contributed by atoms with Gasteiger partial charge in [0, 0.05) is 16.9 Å². The monoisotopic (exact) mass is 385 g/mol. The Kier molecular flexibility index (Phi) is 5.27. The van der Waals surface area contributed by atoms with E-state index in [0.29, 0.717) is 17.1 Å². The molecule has 27 heavy (non-hydrogen) atoms. The number of esters is 1. The van der Waals surface area contributed by atoms with Crippen LogP contribution in [0.1, 0.15) is 44.8 Å². The molecule has 0 bridgehead atoms. The van der Waals surface area contributed by atoms with Crippen molar-refractivity contribution in [3.05, 3.63) is 51.4 Å². The molecule has 0 saturated carbocycles. The first-order valence-corrected chi connectivity index (χ1v) is 10.4. The third kappa shape index (κ3) is 3.77. The molecule has 4 rings (SSSR count). The number of aryl methyl sites for hydroxylation is 1. The molecular weight excluding hydrogens is 360 g/mol. The summed E-state index contributed by atoms with van der Waals surface area (Å²) < 4.78 is 4.98. The fourth-order valence-electron chi connectivity index (χ4n) is 4.16. The molecule has 2 aliphatic rings. The number of anilines is 1. The lowest BCUT2D eigenvalue weighted by molar-refractivity contribution is -0.907. The standard InChI is InChI=1S/C21H24N2O3S/c1-26-21(25)19-16-8-4-5-9-17(16)27-20(19)22-18(24)13-23-11-10-14-6-2-3-7-15(14)12-23/h2-3,6-7H,4-5,8-13H2,1H3,(H,22,24)/p+1. The van der Waals surface area contributed by atoms with Gasteiger partial charge >= 0.3 is 5.97 Å². The van der Waals surface area contributed by atoms with Crippen LogP contribution in [0, 0.1) is 0 Å². The summed E-state index contributed by atoms with van der Waals surface area (Å²) in [5, 5.41) is 3.67. The summed E-state index contributed by atoms with van der Waals surface area (Å²) in [6.07, 6.45) is 5.09. The zero-order valence-electron chi connectivity index (χ0n) is 15.6. The molecule has 0 saturated heterocycles. The van der Waals surface area contributed by atoms with Gasteiger partial charge in [-0.25, -0.2) is 4.79 Å². The topological polar surface area (TPSA) is 59.8 Å². The summed E-state index contributed by atoms with van der Waals surface area (Å²) in [6, 6.07) is 8.45. The van der Waals surface area contributed by atoms with Gasteiger partial charge in [-0.2, -0.15) is 0 Å². The highest BCUT2D eigenvalue weighted by Crippen LogP contribution is 2.38. The van der Waals surface area contributed by atoms with Crippen molar-refractivity contribution in [1.29, 1.82) is 0 Å². The van der Waals surface area contributed by atoms with Crippen LogP contribution >= 0.6 is 11.3 Å². The van der Waals surface area contributed by atoms with Crippen molar-refractivity contribution in [2.75, 3.05) is 25.5 Å². The molecule has 2 aromatic rings. The number of hydrogen-bond donors (Lipinski definition) is 2. The fraction of sp³-hybridized carbons (Fsp3) is 0.429. The molecule has 5 nitrogen and oxygen atoms in total. The van der Waals surface area contributed by atoms with Gasteiger partial charge in [0.15, 0.2) is 6.54 Å². The third-order valence-corrected chi connectivity index (χ3v) is 6.74. The van der Waals surface area contributed by atoms with Gasteiger partial charge in [0.25, 0.3) is 5.91 Å². The number of quaternary nitrogens is 1. The van der Waals surface area contributed by atoms with Gasteiger partial charge in [-0.15, -0.1) is 11.3 Å². The Morgan fingerprint density at radius 3 is 2.74 bits per heavy atom. The van der Waals surface area contributed by atoms with Crippen molar-refractivity contribution in [3.8, 4) is 0 Å². The summed E-state index contributed by atoms with van der Waals surface area (Å²) in [5.74, 6) is -0.378. The highest BCUT2D eigenvalue weighted by molar-refractivity contribution is 7.17. The first kappa shape index (κ1) is 18.2. The van der Waals surface area contributed by atoms with E-state index >= 15 is 0 Å². The van der Waals surface area contributed by atoms with Crippen LogP contribution in [0.2, 0.25) is 0 Å². The molecule has 6 heteroatoms. The highest BCUT2D eigenvalue weighted by Gasteiger charge is 2.28. The van der Waals surface area contributed by atoms with Crippen molar-refractivity contribution in [3.63, 3.8) is 0 Å². The molecule has 2 N–H and O–H groups in total. The number of hydrogen-bond acceptors (Lipinski definition) is 4. The molecule has 0 fully saturated rings. The second kappa shape index (κ2) is 7.82. The van der Waals surface area contributed by atoms with E-state index in [9.17, 15) is 9.59 Å². The van der Waals surface area contributed by atoms with E-state index in [4.69, 9.17) is 4.74 Å². The van der Waals surface area contributed by atoms with Crippen molar-refractivity contribution < 1.29 is 19.2 Å². The van der Waals surface area contributed by atoms with Gasteiger partial charge in [0.2, 0.25) is 0 Å². The van der Waals surface area contributed by atoms with E-state index in [1.165, 1.54) is 28.0 Å². The second-order valence-corrected chi connectivity index (χ2v) is 8.43. The number of methoxy groups -OCH3 is 1. The number of carbonyl (C=O) groups excluding carboxylic acids is 2. The normalized spacial score (nSPS) is 18.3. The van der Waals surface area contributed by atoms with Gasteiger partial charge in [-0.05, 0) is 36.8 Å².